The van der Waals surface area contributed by atoms with Crippen LogP contribution in [0.4, 0.5) is 10.5 Å². The molecule has 0 bridgehead atoms. The molecule has 8 nitrogen and oxygen atoms in total. The van der Waals surface area contributed by atoms with Crippen molar-refractivity contribution < 1.29 is 24.0 Å². The first-order valence-corrected chi connectivity index (χ1v) is 9.15. The predicted molar refractivity (Wildman–Crippen MR) is 100 cm³/mol. The molecular formula is C19H25N4O4+. The van der Waals surface area contributed by atoms with Gasteiger partial charge in [0.25, 0.3) is 5.91 Å². The zero-order chi connectivity index (χ0) is 19.4. The number of benzene rings is 1. The van der Waals surface area contributed by atoms with Gasteiger partial charge >= 0.3 is 6.03 Å². The third-order valence-corrected chi connectivity index (χ3v) is 4.90. The minimum Gasteiger partial charge on any atom is -0.370 e. The van der Waals surface area contributed by atoms with Gasteiger partial charge in [-0.05, 0) is 26.0 Å². The van der Waals surface area contributed by atoms with Gasteiger partial charge in [-0.1, -0.05) is 17.7 Å². The second-order valence-corrected chi connectivity index (χ2v) is 6.87. The lowest BCUT2D eigenvalue weighted by Gasteiger charge is -2.30. The van der Waals surface area contributed by atoms with Gasteiger partial charge in [0.2, 0.25) is 5.91 Å². The van der Waals surface area contributed by atoms with Crippen molar-refractivity contribution >= 4 is 29.2 Å². The molecule has 0 radical (unpaired) electrons. The van der Waals surface area contributed by atoms with E-state index in [4.69, 9.17) is 4.74 Å². The Hall–Kier alpha value is -2.58. The Morgan fingerprint density at radius 1 is 1.22 bits per heavy atom. The summed E-state index contributed by atoms with van der Waals surface area (Å²) in [5, 5.41) is 2.27. The van der Waals surface area contributed by atoms with E-state index in [9.17, 15) is 14.4 Å². The largest absolute Gasteiger partial charge is 0.370 e. The molecule has 0 aromatic heterocycles. The monoisotopic (exact) mass is 373 g/mol. The van der Waals surface area contributed by atoms with Crippen LogP contribution in [0.3, 0.4) is 0 Å². The third-order valence-electron chi connectivity index (χ3n) is 4.90. The Labute approximate surface area is 158 Å². The second-order valence-electron chi connectivity index (χ2n) is 6.87. The molecule has 0 saturated carbocycles. The maximum atomic E-state index is 12.9. The van der Waals surface area contributed by atoms with Crippen LogP contribution in [0.25, 0.3) is 0 Å². The van der Waals surface area contributed by atoms with Crippen molar-refractivity contribution in [2.24, 2.45) is 10.9 Å². The van der Waals surface area contributed by atoms with Crippen molar-refractivity contribution in [1.29, 1.82) is 0 Å². The van der Waals surface area contributed by atoms with Gasteiger partial charge in [0, 0.05) is 5.71 Å². The molecule has 0 aliphatic carbocycles. The van der Waals surface area contributed by atoms with E-state index in [0.717, 1.165) is 43.3 Å². The Bertz CT molecular complexity index is 753. The van der Waals surface area contributed by atoms with Crippen LogP contribution in [0.2, 0.25) is 0 Å². The van der Waals surface area contributed by atoms with Crippen molar-refractivity contribution in [3.8, 4) is 0 Å². The van der Waals surface area contributed by atoms with E-state index in [1.807, 2.05) is 19.1 Å². The van der Waals surface area contributed by atoms with Gasteiger partial charge in [0.1, 0.15) is 13.1 Å². The van der Waals surface area contributed by atoms with Crippen LogP contribution in [-0.4, -0.2) is 62.9 Å². The van der Waals surface area contributed by atoms with E-state index < -0.39 is 23.8 Å². The average molecular weight is 373 g/mol. The summed E-state index contributed by atoms with van der Waals surface area (Å²) in [7, 11) is 0. The summed E-state index contributed by atoms with van der Waals surface area (Å²) in [6.07, 6.45) is 0. The standard InChI is InChI=1S/C19H24N4O4/c1-13-3-5-15(6-4-13)23-18(25)16(17(24)21-19(23)26)14(2)20-7-8-22-9-11-27-12-10-22/h3-6,16H,7-12H2,1-2H3,(H,21,24,26)/p+1/t16-/m1/s1. The maximum absolute atomic E-state index is 12.9. The summed E-state index contributed by atoms with van der Waals surface area (Å²) in [6, 6.07) is 6.28. The minimum absolute atomic E-state index is 0.426. The first kappa shape index (κ1) is 19.2. The van der Waals surface area contributed by atoms with Gasteiger partial charge in [0.15, 0.2) is 5.92 Å². The van der Waals surface area contributed by atoms with E-state index in [2.05, 4.69) is 10.3 Å². The Morgan fingerprint density at radius 3 is 2.56 bits per heavy atom. The second kappa shape index (κ2) is 8.41. The number of barbiturate groups is 1. The van der Waals surface area contributed by atoms with Crippen LogP contribution in [0.1, 0.15) is 12.5 Å². The van der Waals surface area contributed by atoms with Gasteiger partial charge < -0.3 is 9.64 Å². The van der Waals surface area contributed by atoms with Crippen molar-refractivity contribution in [1.82, 2.24) is 5.32 Å². The summed E-state index contributed by atoms with van der Waals surface area (Å²) >= 11 is 0. The molecule has 0 spiro atoms. The first-order valence-electron chi connectivity index (χ1n) is 9.15. The Kier molecular flexibility index (Phi) is 5.98. The zero-order valence-electron chi connectivity index (χ0n) is 15.7. The number of aryl methyl sites for hydroxylation is 1. The highest BCUT2D eigenvalue weighted by molar-refractivity contribution is 6.35. The number of rotatable bonds is 5. The number of carbonyl (C=O) groups excluding carboxylic acids is 3. The quantitative estimate of drug-likeness (QED) is 0.541. The molecule has 2 aliphatic heterocycles. The number of ether oxygens (including phenoxy) is 1. The molecule has 4 amide bonds. The minimum atomic E-state index is -1.08. The molecule has 2 heterocycles. The lowest BCUT2D eigenvalue weighted by molar-refractivity contribution is -0.906. The van der Waals surface area contributed by atoms with E-state index >= 15 is 0 Å². The van der Waals surface area contributed by atoms with Crippen LogP contribution in [0.15, 0.2) is 29.3 Å². The number of hydrogen-bond donors (Lipinski definition) is 2. The fourth-order valence-electron chi connectivity index (χ4n) is 3.27. The molecule has 2 N–H and O–H groups in total. The van der Waals surface area contributed by atoms with Crippen LogP contribution in [-0.2, 0) is 14.3 Å². The predicted octanol–water partition coefficient (Wildman–Crippen LogP) is -0.430. The molecule has 27 heavy (non-hydrogen) atoms. The number of quaternary nitrogens is 1. The Balaban J connectivity index is 1.71. The summed E-state index contributed by atoms with van der Waals surface area (Å²) in [5.41, 5.74) is 1.88. The van der Waals surface area contributed by atoms with Crippen LogP contribution < -0.4 is 15.1 Å². The van der Waals surface area contributed by atoms with Gasteiger partial charge in [0.05, 0.1) is 32.0 Å². The molecule has 0 unspecified atom stereocenters. The number of aliphatic imine (C=N–C) groups is 1. The Morgan fingerprint density at radius 2 is 1.89 bits per heavy atom. The number of imide groups is 2. The highest BCUT2D eigenvalue weighted by Gasteiger charge is 2.42. The number of nitrogens with zero attached hydrogens (tertiary/aromatic N) is 2. The summed E-state index contributed by atoms with van der Waals surface area (Å²) in [6.45, 7) is 8.30. The van der Waals surface area contributed by atoms with Gasteiger partial charge in [-0.25, -0.2) is 9.69 Å². The smallest absolute Gasteiger partial charge is 0.335 e. The average Bonchev–Trinajstić information content (AvgIpc) is 2.64. The molecular weight excluding hydrogens is 348 g/mol. The highest BCUT2D eigenvalue weighted by atomic mass is 16.5. The number of amides is 4. The lowest BCUT2D eigenvalue weighted by atomic mass is 9.99. The molecule has 8 heteroatoms. The van der Waals surface area contributed by atoms with E-state index in [0.29, 0.717) is 17.9 Å². The molecule has 3 rings (SSSR count). The van der Waals surface area contributed by atoms with Crippen molar-refractivity contribution in [3.05, 3.63) is 29.8 Å². The fourth-order valence-corrected chi connectivity index (χ4v) is 3.27. The summed E-state index contributed by atoms with van der Waals surface area (Å²) < 4.78 is 5.33. The molecule has 1 atom stereocenters. The number of morpholine rings is 1. The van der Waals surface area contributed by atoms with E-state index in [1.54, 1.807) is 19.1 Å². The topological polar surface area (TPSA) is 92.5 Å². The van der Waals surface area contributed by atoms with Gasteiger partial charge in [-0.3, -0.25) is 19.9 Å². The lowest BCUT2D eigenvalue weighted by Crippen LogP contribution is -3.14. The number of hydrogen-bond acceptors (Lipinski definition) is 5. The first-order chi connectivity index (χ1) is 13.0. The van der Waals surface area contributed by atoms with Crippen LogP contribution in [0, 0.1) is 12.8 Å². The van der Waals surface area contributed by atoms with E-state index in [1.165, 1.54) is 4.90 Å². The SMILES string of the molecule is CC(=NCC[NH+]1CCOCC1)[C@@H]1C(=O)NC(=O)N(c2ccc(C)cc2)C1=O. The highest BCUT2D eigenvalue weighted by Crippen LogP contribution is 2.22. The molecule has 2 saturated heterocycles. The maximum Gasteiger partial charge on any atom is 0.335 e. The van der Waals surface area contributed by atoms with Crippen molar-refractivity contribution in [3.63, 3.8) is 0 Å². The van der Waals surface area contributed by atoms with Gasteiger partial charge in [-0.15, -0.1) is 0 Å². The molecule has 1 aromatic carbocycles. The third kappa shape index (κ3) is 4.40. The molecule has 1 aromatic rings. The number of urea groups is 1. The molecule has 2 fully saturated rings. The van der Waals surface area contributed by atoms with Crippen molar-refractivity contribution in [2.45, 2.75) is 13.8 Å². The molecule has 144 valence electrons. The normalized spacial score (nSPS) is 22.1. The summed E-state index contributed by atoms with van der Waals surface area (Å²) in [4.78, 5) is 44.2. The van der Waals surface area contributed by atoms with Gasteiger partial charge in [-0.2, -0.15) is 0 Å². The molecule has 2 aliphatic rings. The number of anilines is 1. The van der Waals surface area contributed by atoms with Crippen molar-refractivity contribution in [2.75, 3.05) is 44.3 Å². The summed E-state index contributed by atoms with van der Waals surface area (Å²) in [5.74, 6) is -2.26. The van der Waals surface area contributed by atoms with E-state index in [-0.39, 0.29) is 0 Å². The van der Waals surface area contributed by atoms with Crippen LogP contribution in [0.5, 0.6) is 0 Å². The number of carbonyl (C=O) groups is 3. The fraction of sp³-hybridized carbons (Fsp3) is 0.474. The number of nitrogens with one attached hydrogen (secondary N) is 2. The zero-order valence-corrected chi connectivity index (χ0v) is 15.7. The van der Waals surface area contributed by atoms with Crippen LogP contribution >= 0.6 is 0 Å².